The Labute approximate surface area is 196 Å². The summed E-state index contributed by atoms with van der Waals surface area (Å²) in [6.07, 6.45) is 2.95. The third kappa shape index (κ3) is 4.70. The quantitative estimate of drug-likeness (QED) is 0.440. The van der Waals surface area contributed by atoms with Crippen LogP contribution < -0.4 is 15.6 Å². The van der Waals surface area contributed by atoms with Gasteiger partial charge in [0.2, 0.25) is 5.88 Å². The van der Waals surface area contributed by atoms with Crippen molar-refractivity contribution in [3.05, 3.63) is 75.2 Å². The molecule has 1 aliphatic heterocycles. The number of hydrogen-bond donors (Lipinski definition) is 1. The molecule has 1 N–H and O–H groups in total. The first-order valence-electron chi connectivity index (χ1n) is 10.6. The Bertz CT molecular complexity index is 1530. The molecule has 9 nitrogen and oxygen atoms in total. The zero-order valence-corrected chi connectivity index (χ0v) is 19.4. The maximum absolute atomic E-state index is 13.4. The monoisotopic (exact) mass is 478 g/mol. The van der Waals surface area contributed by atoms with E-state index in [1.54, 1.807) is 43.5 Å². The number of aromatic nitrogens is 2. The number of ether oxygens (including phenoxy) is 1. The molecular weight excluding hydrogens is 456 g/mol. The number of aryl methyl sites for hydroxylation is 2. The van der Waals surface area contributed by atoms with Gasteiger partial charge in [-0.05, 0) is 49.6 Å². The fraction of sp³-hybridized carbons (Fsp3) is 0.250. The van der Waals surface area contributed by atoms with E-state index in [1.807, 2.05) is 19.1 Å². The molecule has 1 aliphatic rings. The number of carbonyl (C=O) groups is 1. The van der Waals surface area contributed by atoms with Crippen LogP contribution in [0.25, 0.3) is 11.7 Å². The van der Waals surface area contributed by atoms with Crippen molar-refractivity contribution < 1.29 is 17.9 Å². The van der Waals surface area contributed by atoms with Crippen molar-refractivity contribution in [3.8, 4) is 17.7 Å². The summed E-state index contributed by atoms with van der Waals surface area (Å²) in [6.45, 7) is 3.65. The molecule has 1 atom stereocenters. The lowest BCUT2D eigenvalue weighted by molar-refractivity contribution is -0.117. The highest BCUT2D eigenvalue weighted by Gasteiger charge is 2.30. The van der Waals surface area contributed by atoms with Gasteiger partial charge < -0.3 is 10.1 Å². The Morgan fingerprint density at radius 1 is 1.24 bits per heavy atom. The number of nitrogens with one attached hydrogen (secondary N) is 1. The van der Waals surface area contributed by atoms with Crippen LogP contribution in [-0.2, 0) is 14.6 Å². The first-order valence-corrected chi connectivity index (χ1v) is 12.4. The van der Waals surface area contributed by atoms with Crippen molar-refractivity contribution in [1.29, 1.82) is 5.26 Å². The number of nitriles is 1. The van der Waals surface area contributed by atoms with Crippen LogP contribution in [0.2, 0.25) is 0 Å². The molecule has 0 bridgehead atoms. The number of benzene rings is 1. The van der Waals surface area contributed by atoms with Gasteiger partial charge in [0.05, 0.1) is 11.5 Å². The lowest BCUT2D eigenvalue weighted by Crippen LogP contribution is -2.36. The van der Waals surface area contributed by atoms with E-state index in [-0.39, 0.29) is 34.9 Å². The van der Waals surface area contributed by atoms with E-state index in [0.29, 0.717) is 11.4 Å². The average Bonchev–Trinajstić information content (AvgIpc) is 3.13. The minimum absolute atomic E-state index is 0.0206. The SMILES string of the molecule is Cc1ccccc1Oc1nc2c(C)cccn2c(=O)c1/C=C(\C#N)C(=O)NC1CCS(=O)(=O)C1. The summed E-state index contributed by atoms with van der Waals surface area (Å²) in [5.41, 5.74) is 0.992. The molecule has 0 spiro atoms. The molecule has 10 heteroatoms. The van der Waals surface area contributed by atoms with Crippen LogP contribution in [0.15, 0.2) is 53.0 Å². The Kier molecular flexibility index (Phi) is 6.22. The minimum atomic E-state index is -3.21. The normalized spacial score (nSPS) is 17.3. The van der Waals surface area contributed by atoms with Crippen LogP contribution in [0, 0.1) is 25.2 Å². The maximum Gasteiger partial charge on any atom is 0.269 e. The first-order chi connectivity index (χ1) is 16.2. The van der Waals surface area contributed by atoms with Gasteiger partial charge in [0.1, 0.15) is 28.6 Å². The van der Waals surface area contributed by atoms with Crippen molar-refractivity contribution in [3.63, 3.8) is 0 Å². The molecule has 3 heterocycles. The molecule has 0 radical (unpaired) electrons. The zero-order chi connectivity index (χ0) is 24.5. The summed E-state index contributed by atoms with van der Waals surface area (Å²) in [5.74, 6) is -0.537. The fourth-order valence-corrected chi connectivity index (χ4v) is 5.41. The van der Waals surface area contributed by atoms with Gasteiger partial charge in [0.15, 0.2) is 9.84 Å². The van der Waals surface area contributed by atoms with E-state index in [4.69, 9.17) is 4.74 Å². The topological polar surface area (TPSA) is 131 Å². The Morgan fingerprint density at radius 3 is 2.65 bits per heavy atom. The largest absolute Gasteiger partial charge is 0.438 e. The van der Waals surface area contributed by atoms with Crippen LogP contribution in [0.1, 0.15) is 23.1 Å². The van der Waals surface area contributed by atoms with Gasteiger partial charge in [-0.15, -0.1) is 0 Å². The molecule has 174 valence electrons. The van der Waals surface area contributed by atoms with Gasteiger partial charge in [-0.3, -0.25) is 14.0 Å². The number of pyridine rings is 1. The van der Waals surface area contributed by atoms with Crippen LogP contribution in [-0.4, -0.2) is 41.3 Å². The molecule has 1 saturated heterocycles. The number of hydrogen-bond acceptors (Lipinski definition) is 7. The number of nitrogens with zero attached hydrogens (tertiary/aromatic N) is 3. The highest BCUT2D eigenvalue weighted by atomic mass is 32.2. The van der Waals surface area contributed by atoms with E-state index < -0.39 is 27.3 Å². The van der Waals surface area contributed by atoms with Gasteiger partial charge >= 0.3 is 0 Å². The van der Waals surface area contributed by atoms with Gasteiger partial charge in [0, 0.05) is 12.2 Å². The van der Waals surface area contributed by atoms with Crippen molar-refractivity contribution >= 4 is 27.5 Å². The fourth-order valence-electron chi connectivity index (χ4n) is 3.73. The molecule has 0 aliphatic carbocycles. The molecule has 34 heavy (non-hydrogen) atoms. The van der Waals surface area contributed by atoms with Gasteiger partial charge in [0.25, 0.3) is 11.5 Å². The van der Waals surface area contributed by atoms with Crippen molar-refractivity contribution in [2.45, 2.75) is 26.3 Å². The predicted molar refractivity (Wildman–Crippen MR) is 126 cm³/mol. The lowest BCUT2D eigenvalue weighted by atomic mass is 10.1. The van der Waals surface area contributed by atoms with E-state index in [9.17, 15) is 23.3 Å². The highest BCUT2D eigenvalue weighted by molar-refractivity contribution is 7.91. The van der Waals surface area contributed by atoms with Crippen molar-refractivity contribution in [2.75, 3.05) is 11.5 Å². The van der Waals surface area contributed by atoms with E-state index in [1.165, 1.54) is 4.40 Å². The Balaban J connectivity index is 1.81. The first kappa shape index (κ1) is 23.2. The third-order valence-electron chi connectivity index (χ3n) is 5.57. The molecular formula is C24H22N4O5S. The van der Waals surface area contributed by atoms with Crippen molar-refractivity contribution in [1.82, 2.24) is 14.7 Å². The smallest absolute Gasteiger partial charge is 0.269 e. The molecule has 0 saturated carbocycles. The second kappa shape index (κ2) is 9.11. The average molecular weight is 479 g/mol. The van der Waals surface area contributed by atoms with Gasteiger partial charge in [-0.2, -0.15) is 10.2 Å². The van der Waals surface area contributed by atoms with Crippen LogP contribution in [0.3, 0.4) is 0 Å². The number of rotatable bonds is 5. The second-order valence-electron chi connectivity index (χ2n) is 8.13. The molecule has 4 rings (SSSR count). The number of sulfone groups is 1. The van der Waals surface area contributed by atoms with Crippen LogP contribution >= 0.6 is 0 Å². The Hall–Kier alpha value is -3.97. The summed E-state index contributed by atoms with van der Waals surface area (Å²) in [5, 5.41) is 12.2. The minimum Gasteiger partial charge on any atom is -0.438 e. The van der Waals surface area contributed by atoms with Crippen LogP contribution in [0.5, 0.6) is 11.6 Å². The summed E-state index contributed by atoms with van der Waals surface area (Å²) < 4.78 is 30.7. The molecule has 1 aromatic carbocycles. The summed E-state index contributed by atoms with van der Waals surface area (Å²) in [7, 11) is -3.21. The molecule has 2 aromatic heterocycles. The van der Waals surface area contributed by atoms with Gasteiger partial charge in [-0.1, -0.05) is 24.3 Å². The summed E-state index contributed by atoms with van der Waals surface area (Å²) >= 11 is 0. The number of carbonyl (C=O) groups excluding carboxylic acids is 1. The number of para-hydroxylation sites is 1. The molecule has 1 amide bonds. The van der Waals surface area contributed by atoms with E-state index in [0.717, 1.165) is 17.2 Å². The number of amides is 1. The van der Waals surface area contributed by atoms with Crippen molar-refractivity contribution in [2.24, 2.45) is 0 Å². The second-order valence-corrected chi connectivity index (χ2v) is 10.4. The summed E-state index contributed by atoms with van der Waals surface area (Å²) in [4.78, 5) is 30.6. The Morgan fingerprint density at radius 2 is 1.97 bits per heavy atom. The number of fused-ring (bicyclic) bond motifs is 1. The van der Waals surface area contributed by atoms with E-state index in [2.05, 4.69) is 10.3 Å². The van der Waals surface area contributed by atoms with E-state index >= 15 is 0 Å². The summed E-state index contributed by atoms with van der Waals surface area (Å²) in [6, 6.07) is 11.9. The molecule has 1 unspecified atom stereocenters. The maximum atomic E-state index is 13.4. The standard InChI is InChI=1S/C24H22N4O5S/c1-15-6-3-4-8-20(15)33-23-19(24(30)28-10-5-7-16(2)21(28)27-23)12-17(13-25)22(29)26-18-9-11-34(31,32)14-18/h3-8,10,12,18H,9,11,14H2,1-2H3,(H,26,29)/b17-12+. The van der Waals surface area contributed by atoms with Crippen LogP contribution in [0.4, 0.5) is 0 Å². The predicted octanol–water partition coefficient (Wildman–Crippen LogP) is 2.31. The third-order valence-corrected chi connectivity index (χ3v) is 7.34. The van der Waals surface area contributed by atoms with Gasteiger partial charge in [-0.25, -0.2) is 8.42 Å². The highest BCUT2D eigenvalue weighted by Crippen LogP contribution is 2.27. The lowest BCUT2D eigenvalue weighted by Gasteiger charge is -2.13. The zero-order valence-electron chi connectivity index (χ0n) is 18.6. The molecule has 3 aromatic rings. The molecule has 1 fully saturated rings.